The molecule has 0 saturated heterocycles. The third-order valence-corrected chi connectivity index (χ3v) is 7.79. The van der Waals surface area contributed by atoms with Crippen LogP contribution in [0.25, 0.3) is 6.08 Å². The molecule has 1 amide bonds. The number of rotatable bonds is 4. The zero-order valence-corrected chi connectivity index (χ0v) is 22.0. The Bertz CT molecular complexity index is 1610. The molecule has 1 aromatic heterocycles. The van der Waals surface area contributed by atoms with Crippen molar-refractivity contribution in [2.45, 2.75) is 44.9 Å². The van der Waals surface area contributed by atoms with Crippen LogP contribution in [-0.2, 0) is 17.5 Å². The van der Waals surface area contributed by atoms with Crippen molar-refractivity contribution in [1.82, 2.24) is 14.8 Å². The van der Waals surface area contributed by atoms with Crippen LogP contribution < -0.4 is 18.9 Å². The van der Waals surface area contributed by atoms with Crippen molar-refractivity contribution in [3.05, 3.63) is 70.6 Å². The van der Waals surface area contributed by atoms with Crippen LogP contribution in [0.2, 0.25) is 0 Å². The third-order valence-electron chi connectivity index (χ3n) is 7.79. The number of fused-ring (bicyclic) bond motifs is 3. The van der Waals surface area contributed by atoms with Gasteiger partial charge in [-0.05, 0) is 79.3 Å². The zero-order chi connectivity index (χ0) is 28.3. The highest BCUT2D eigenvalue weighted by Gasteiger charge is 2.44. The molecule has 4 heterocycles. The van der Waals surface area contributed by atoms with E-state index >= 15 is 0 Å². The van der Waals surface area contributed by atoms with Crippen molar-refractivity contribution in [2.24, 2.45) is 11.0 Å². The number of halogens is 3. The predicted molar refractivity (Wildman–Crippen MR) is 139 cm³/mol. The van der Waals surface area contributed by atoms with Crippen LogP contribution in [0, 0.1) is 12.8 Å². The van der Waals surface area contributed by atoms with E-state index in [2.05, 4.69) is 5.10 Å². The molecule has 4 aliphatic rings. The van der Waals surface area contributed by atoms with Crippen LogP contribution in [0.4, 0.5) is 13.2 Å². The molecule has 12 heteroatoms. The van der Waals surface area contributed by atoms with Gasteiger partial charge in [-0.25, -0.2) is 5.01 Å². The van der Waals surface area contributed by atoms with E-state index < -0.39 is 23.8 Å². The summed E-state index contributed by atoms with van der Waals surface area (Å²) in [7, 11) is 0. The third kappa shape index (κ3) is 4.56. The molecule has 0 radical (unpaired) electrons. The number of aromatic nitrogens is 2. The van der Waals surface area contributed by atoms with E-state index in [1.54, 1.807) is 6.07 Å². The summed E-state index contributed by atoms with van der Waals surface area (Å²) in [4.78, 5) is 13.8. The Morgan fingerprint density at radius 1 is 1.00 bits per heavy atom. The van der Waals surface area contributed by atoms with Gasteiger partial charge < -0.3 is 18.9 Å². The molecule has 3 aliphatic heterocycles. The SMILES string of the molecule is Cc1cc(C(F)(F)F)nn1CC(=O)N1N=C2/C(=C\c3ccc4c(c3)OCO4)CCC[C@@H]2[C@H]1c1ccc2c(c1)OCO2. The number of hydrogen-bond donors (Lipinski definition) is 0. The number of allylic oxidation sites excluding steroid dienone is 1. The largest absolute Gasteiger partial charge is 0.454 e. The number of alkyl halides is 3. The van der Waals surface area contributed by atoms with Gasteiger partial charge in [0.1, 0.15) is 6.54 Å². The van der Waals surface area contributed by atoms with Gasteiger partial charge in [0.05, 0.1) is 11.8 Å². The van der Waals surface area contributed by atoms with Gasteiger partial charge in [-0.1, -0.05) is 12.1 Å². The first-order chi connectivity index (χ1) is 19.7. The number of carbonyl (C=O) groups excluding carboxylic acids is 1. The van der Waals surface area contributed by atoms with Gasteiger partial charge in [0.15, 0.2) is 28.7 Å². The van der Waals surface area contributed by atoms with Crippen molar-refractivity contribution in [3.8, 4) is 23.0 Å². The maximum atomic E-state index is 13.8. The van der Waals surface area contributed by atoms with Crippen LogP contribution in [0.5, 0.6) is 23.0 Å². The number of hydrazone groups is 1. The molecule has 2 aromatic carbocycles. The lowest BCUT2D eigenvalue weighted by Crippen LogP contribution is -2.34. The molecule has 0 spiro atoms. The van der Waals surface area contributed by atoms with Gasteiger partial charge in [0.2, 0.25) is 13.6 Å². The second kappa shape index (κ2) is 9.57. The Balaban J connectivity index is 1.25. The zero-order valence-electron chi connectivity index (χ0n) is 22.0. The number of aryl methyl sites for hydroxylation is 1. The highest BCUT2D eigenvalue weighted by molar-refractivity contribution is 6.08. The van der Waals surface area contributed by atoms with E-state index in [9.17, 15) is 18.0 Å². The minimum atomic E-state index is -4.61. The highest BCUT2D eigenvalue weighted by Crippen LogP contribution is 2.47. The molecule has 7 rings (SSSR count). The summed E-state index contributed by atoms with van der Waals surface area (Å²) in [6.07, 6.45) is -0.112. The molecule has 0 N–H and O–H groups in total. The highest BCUT2D eigenvalue weighted by atomic mass is 19.4. The summed E-state index contributed by atoms with van der Waals surface area (Å²) in [6, 6.07) is 11.7. The smallest absolute Gasteiger partial charge is 0.435 e. The average Bonchev–Trinajstić information content (AvgIpc) is 3.73. The second-order valence-corrected chi connectivity index (χ2v) is 10.4. The Morgan fingerprint density at radius 2 is 1.71 bits per heavy atom. The van der Waals surface area contributed by atoms with Crippen LogP contribution in [0.15, 0.2) is 53.1 Å². The fourth-order valence-corrected chi connectivity index (χ4v) is 5.85. The number of ether oxygens (including phenoxy) is 4. The molecule has 9 nitrogen and oxygen atoms in total. The first kappa shape index (κ1) is 25.5. The van der Waals surface area contributed by atoms with Crippen LogP contribution in [-0.4, -0.2) is 40.0 Å². The molecule has 41 heavy (non-hydrogen) atoms. The van der Waals surface area contributed by atoms with E-state index in [0.717, 1.165) is 52.4 Å². The molecule has 1 aliphatic carbocycles. The minimum Gasteiger partial charge on any atom is -0.454 e. The standard InChI is InChI=1S/C29H25F3N4O5/c1-16-9-25(29(30,31)32)33-35(16)13-26(37)36-28(19-6-8-22-24(12-19)41-15-39-22)20-4-2-3-18(27(20)34-36)10-17-5-7-21-23(11-17)40-14-38-21/h5-12,20,28H,2-4,13-15H2,1H3/b18-10-/t20-,28+/m0/s1. The molecule has 2 atom stereocenters. The van der Waals surface area contributed by atoms with Crippen molar-refractivity contribution in [3.63, 3.8) is 0 Å². The van der Waals surface area contributed by atoms with Crippen molar-refractivity contribution in [1.29, 1.82) is 0 Å². The lowest BCUT2D eigenvalue weighted by Gasteiger charge is -2.29. The molecule has 0 bridgehead atoms. The van der Waals surface area contributed by atoms with Gasteiger partial charge >= 0.3 is 6.18 Å². The monoisotopic (exact) mass is 566 g/mol. The second-order valence-electron chi connectivity index (χ2n) is 10.4. The summed E-state index contributed by atoms with van der Waals surface area (Å²) in [5.41, 5.74) is 2.71. The maximum absolute atomic E-state index is 13.8. The summed E-state index contributed by atoms with van der Waals surface area (Å²) in [5.74, 6) is 1.98. The molecule has 3 aromatic rings. The van der Waals surface area contributed by atoms with E-state index in [1.807, 2.05) is 36.4 Å². The van der Waals surface area contributed by atoms with Gasteiger partial charge in [-0.15, -0.1) is 0 Å². The van der Waals surface area contributed by atoms with Gasteiger partial charge in [-0.3, -0.25) is 9.48 Å². The lowest BCUT2D eigenvalue weighted by molar-refractivity contribution is -0.142. The minimum absolute atomic E-state index is 0.111. The molecular weight excluding hydrogens is 541 g/mol. The van der Waals surface area contributed by atoms with Crippen molar-refractivity contribution >= 4 is 17.7 Å². The average molecular weight is 567 g/mol. The van der Waals surface area contributed by atoms with Crippen molar-refractivity contribution < 1.29 is 36.9 Å². The summed E-state index contributed by atoms with van der Waals surface area (Å²) >= 11 is 0. The first-order valence-corrected chi connectivity index (χ1v) is 13.3. The fourth-order valence-electron chi connectivity index (χ4n) is 5.85. The number of amides is 1. The lowest BCUT2D eigenvalue weighted by atomic mass is 9.77. The number of nitrogens with zero attached hydrogens (tertiary/aromatic N) is 4. The normalized spacial score (nSPS) is 21.8. The first-order valence-electron chi connectivity index (χ1n) is 13.3. The molecule has 1 fully saturated rings. The Hall–Kier alpha value is -4.48. The van der Waals surface area contributed by atoms with Gasteiger partial charge in [0.25, 0.3) is 5.91 Å². The maximum Gasteiger partial charge on any atom is 0.435 e. The van der Waals surface area contributed by atoms with Crippen LogP contribution in [0.3, 0.4) is 0 Å². The summed E-state index contributed by atoms with van der Waals surface area (Å²) in [6.45, 7) is 1.40. The predicted octanol–water partition coefficient (Wildman–Crippen LogP) is 5.49. The molecule has 212 valence electrons. The van der Waals surface area contributed by atoms with Crippen molar-refractivity contribution in [2.75, 3.05) is 13.6 Å². The van der Waals surface area contributed by atoms with E-state index in [-0.39, 0.29) is 31.7 Å². The topological polar surface area (TPSA) is 87.4 Å². The summed E-state index contributed by atoms with van der Waals surface area (Å²) < 4.78 is 62.9. The van der Waals surface area contributed by atoms with E-state index in [1.165, 1.54) is 11.9 Å². The fraction of sp³-hybridized carbons (Fsp3) is 0.345. The number of benzene rings is 2. The van der Waals surface area contributed by atoms with E-state index in [0.29, 0.717) is 23.0 Å². The quantitative estimate of drug-likeness (QED) is 0.415. The Kier molecular flexibility index (Phi) is 5.95. The van der Waals surface area contributed by atoms with Crippen LogP contribution in [0.1, 0.15) is 47.8 Å². The Morgan fingerprint density at radius 3 is 2.44 bits per heavy atom. The molecule has 0 unspecified atom stereocenters. The van der Waals surface area contributed by atoms with Gasteiger partial charge in [-0.2, -0.15) is 23.4 Å². The Labute approximate surface area is 232 Å². The summed E-state index contributed by atoms with van der Waals surface area (Å²) in [5, 5.41) is 9.89. The van der Waals surface area contributed by atoms with Crippen LogP contribution >= 0.6 is 0 Å². The number of hydrogen-bond acceptors (Lipinski definition) is 7. The molecular formula is C29H25F3N4O5. The van der Waals surface area contributed by atoms with E-state index in [4.69, 9.17) is 24.0 Å². The number of carbonyl (C=O) groups is 1. The molecule has 1 saturated carbocycles. The van der Waals surface area contributed by atoms with Gasteiger partial charge in [0, 0.05) is 11.6 Å².